The van der Waals surface area contributed by atoms with Crippen molar-refractivity contribution in [2.24, 2.45) is 0 Å². The average Bonchev–Trinajstić information content (AvgIpc) is 2.90. The smallest absolute Gasteiger partial charge is 0.128 e. The quantitative estimate of drug-likeness (QED) is 0.743. The SMILES string of the molecule is CCNC(CCCc1cccs1)c1c(C)cc(C)cc1F. The molecule has 2 rings (SSSR count). The Labute approximate surface area is 131 Å². The number of halogens is 1. The summed E-state index contributed by atoms with van der Waals surface area (Å²) >= 11 is 1.80. The van der Waals surface area contributed by atoms with Crippen molar-refractivity contribution in [3.8, 4) is 0 Å². The third kappa shape index (κ3) is 4.39. The van der Waals surface area contributed by atoms with E-state index in [4.69, 9.17) is 0 Å². The fourth-order valence-corrected chi connectivity index (χ4v) is 3.65. The first-order chi connectivity index (χ1) is 10.1. The molecule has 3 heteroatoms. The lowest BCUT2D eigenvalue weighted by Crippen LogP contribution is -2.23. The summed E-state index contributed by atoms with van der Waals surface area (Å²) in [6.07, 6.45) is 3.11. The van der Waals surface area contributed by atoms with Crippen LogP contribution in [0.4, 0.5) is 4.39 Å². The van der Waals surface area contributed by atoms with E-state index in [9.17, 15) is 4.39 Å². The molecule has 0 bridgehead atoms. The van der Waals surface area contributed by atoms with Crippen LogP contribution in [0.3, 0.4) is 0 Å². The highest BCUT2D eigenvalue weighted by Crippen LogP contribution is 2.27. The summed E-state index contributed by atoms with van der Waals surface area (Å²) in [6, 6.07) is 8.08. The number of hydrogen-bond acceptors (Lipinski definition) is 2. The molecule has 2 aromatic rings. The molecule has 1 aromatic heterocycles. The van der Waals surface area contributed by atoms with Crippen molar-refractivity contribution in [1.82, 2.24) is 5.32 Å². The monoisotopic (exact) mass is 305 g/mol. The normalized spacial score (nSPS) is 12.6. The van der Waals surface area contributed by atoms with E-state index in [-0.39, 0.29) is 11.9 Å². The van der Waals surface area contributed by atoms with Crippen molar-refractivity contribution in [3.05, 3.63) is 57.0 Å². The first-order valence-electron chi connectivity index (χ1n) is 7.64. The van der Waals surface area contributed by atoms with Gasteiger partial charge in [0.2, 0.25) is 0 Å². The van der Waals surface area contributed by atoms with Gasteiger partial charge in [-0.15, -0.1) is 11.3 Å². The molecular weight excluding hydrogens is 281 g/mol. The Morgan fingerprint density at radius 1 is 1.29 bits per heavy atom. The second-order valence-corrected chi connectivity index (χ2v) is 6.59. The van der Waals surface area contributed by atoms with Gasteiger partial charge in [0, 0.05) is 16.5 Å². The summed E-state index contributed by atoms with van der Waals surface area (Å²) in [5, 5.41) is 5.56. The standard InChI is InChI=1S/C18H24FNS/c1-4-20-17(9-5-7-15-8-6-10-21-15)18-14(3)11-13(2)12-16(18)19/h6,8,10-12,17,20H,4-5,7,9H2,1-3H3. The Balaban J connectivity index is 2.07. The highest BCUT2D eigenvalue weighted by Gasteiger charge is 2.17. The first-order valence-corrected chi connectivity index (χ1v) is 8.52. The van der Waals surface area contributed by atoms with Crippen molar-refractivity contribution in [2.45, 2.75) is 46.1 Å². The van der Waals surface area contributed by atoms with Crippen LogP contribution in [0.1, 0.15) is 47.4 Å². The highest BCUT2D eigenvalue weighted by atomic mass is 32.1. The summed E-state index contributed by atoms with van der Waals surface area (Å²) in [5.74, 6) is -0.0745. The zero-order chi connectivity index (χ0) is 15.2. The van der Waals surface area contributed by atoms with Gasteiger partial charge in [-0.1, -0.05) is 19.1 Å². The van der Waals surface area contributed by atoms with E-state index >= 15 is 0 Å². The van der Waals surface area contributed by atoms with E-state index in [1.54, 1.807) is 17.4 Å². The second kappa shape index (κ2) is 7.71. The van der Waals surface area contributed by atoms with Crippen molar-refractivity contribution in [3.63, 3.8) is 0 Å². The molecule has 0 spiro atoms. The minimum atomic E-state index is -0.0745. The van der Waals surface area contributed by atoms with Crippen LogP contribution in [0, 0.1) is 19.7 Å². The number of nitrogens with one attached hydrogen (secondary N) is 1. The summed E-state index contributed by atoms with van der Waals surface area (Å²) in [5.41, 5.74) is 2.88. The van der Waals surface area contributed by atoms with Gasteiger partial charge >= 0.3 is 0 Å². The lowest BCUT2D eigenvalue weighted by molar-refractivity contribution is 0.470. The number of aryl methyl sites for hydroxylation is 3. The molecule has 0 aliphatic rings. The van der Waals surface area contributed by atoms with Crippen LogP contribution in [-0.2, 0) is 6.42 Å². The maximum absolute atomic E-state index is 14.3. The van der Waals surface area contributed by atoms with Gasteiger partial charge < -0.3 is 5.32 Å². The van der Waals surface area contributed by atoms with E-state index in [0.29, 0.717) is 0 Å². The van der Waals surface area contributed by atoms with Crippen molar-refractivity contribution >= 4 is 11.3 Å². The molecule has 0 aliphatic heterocycles. The molecule has 0 saturated carbocycles. The molecule has 21 heavy (non-hydrogen) atoms. The topological polar surface area (TPSA) is 12.0 Å². The van der Waals surface area contributed by atoms with E-state index < -0.39 is 0 Å². The van der Waals surface area contributed by atoms with Crippen molar-refractivity contribution in [1.29, 1.82) is 0 Å². The van der Waals surface area contributed by atoms with Crippen LogP contribution in [0.5, 0.6) is 0 Å². The largest absolute Gasteiger partial charge is 0.310 e. The average molecular weight is 305 g/mol. The summed E-state index contributed by atoms with van der Waals surface area (Å²) < 4.78 is 14.3. The van der Waals surface area contributed by atoms with Gasteiger partial charge in [0.25, 0.3) is 0 Å². The van der Waals surface area contributed by atoms with Gasteiger partial charge in [0.1, 0.15) is 5.82 Å². The molecule has 1 atom stereocenters. The first kappa shape index (κ1) is 16.2. The van der Waals surface area contributed by atoms with Crippen LogP contribution >= 0.6 is 11.3 Å². The lowest BCUT2D eigenvalue weighted by Gasteiger charge is -2.21. The third-order valence-corrected chi connectivity index (χ3v) is 4.71. The van der Waals surface area contributed by atoms with Crippen LogP contribution in [-0.4, -0.2) is 6.54 Å². The fourth-order valence-electron chi connectivity index (χ4n) is 2.90. The van der Waals surface area contributed by atoms with Crippen molar-refractivity contribution < 1.29 is 4.39 Å². The van der Waals surface area contributed by atoms with Crippen LogP contribution in [0.2, 0.25) is 0 Å². The van der Waals surface area contributed by atoms with Gasteiger partial charge in [0.05, 0.1) is 0 Å². The number of benzene rings is 1. The van der Waals surface area contributed by atoms with Crippen LogP contribution in [0.25, 0.3) is 0 Å². The predicted molar refractivity (Wildman–Crippen MR) is 89.5 cm³/mol. The second-order valence-electron chi connectivity index (χ2n) is 5.56. The van der Waals surface area contributed by atoms with E-state index in [0.717, 1.165) is 42.5 Å². The molecule has 1 heterocycles. The number of thiophene rings is 1. The molecule has 1 unspecified atom stereocenters. The zero-order valence-corrected chi connectivity index (χ0v) is 13.9. The fraction of sp³-hybridized carbons (Fsp3) is 0.444. The Morgan fingerprint density at radius 2 is 2.10 bits per heavy atom. The Morgan fingerprint density at radius 3 is 2.71 bits per heavy atom. The van der Waals surface area contributed by atoms with E-state index in [1.807, 2.05) is 13.8 Å². The molecule has 0 fully saturated rings. The van der Waals surface area contributed by atoms with Crippen LogP contribution in [0.15, 0.2) is 29.6 Å². The van der Waals surface area contributed by atoms with Gasteiger partial charge in [0.15, 0.2) is 0 Å². The molecule has 1 N–H and O–H groups in total. The zero-order valence-electron chi connectivity index (χ0n) is 13.1. The maximum Gasteiger partial charge on any atom is 0.128 e. The van der Waals surface area contributed by atoms with E-state index in [1.165, 1.54) is 4.88 Å². The van der Waals surface area contributed by atoms with E-state index in [2.05, 4.69) is 35.8 Å². The minimum absolute atomic E-state index is 0.0745. The molecular formula is C18H24FNS. The predicted octanol–water partition coefficient (Wildman–Crippen LogP) is 5.18. The Kier molecular flexibility index (Phi) is 5.95. The molecule has 0 saturated heterocycles. The summed E-state index contributed by atoms with van der Waals surface area (Å²) in [6.45, 7) is 6.89. The molecule has 0 amide bonds. The Bertz CT molecular complexity index is 540. The molecule has 0 aliphatic carbocycles. The molecule has 1 nitrogen and oxygen atoms in total. The van der Waals surface area contributed by atoms with Gasteiger partial charge in [-0.05, 0) is 68.3 Å². The van der Waals surface area contributed by atoms with Gasteiger partial charge in [-0.2, -0.15) is 0 Å². The maximum atomic E-state index is 14.3. The molecule has 1 aromatic carbocycles. The number of rotatable bonds is 7. The van der Waals surface area contributed by atoms with Crippen molar-refractivity contribution in [2.75, 3.05) is 6.54 Å². The summed E-state index contributed by atoms with van der Waals surface area (Å²) in [7, 11) is 0. The van der Waals surface area contributed by atoms with Gasteiger partial charge in [-0.3, -0.25) is 0 Å². The lowest BCUT2D eigenvalue weighted by atomic mass is 9.94. The van der Waals surface area contributed by atoms with Gasteiger partial charge in [-0.25, -0.2) is 4.39 Å². The minimum Gasteiger partial charge on any atom is -0.310 e. The van der Waals surface area contributed by atoms with Crippen LogP contribution < -0.4 is 5.32 Å². The summed E-state index contributed by atoms with van der Waals surface area (Å²) in [4.78, 5) is 1.41. The molecule has 114 valence electrons. The molecule has 0 radical (unpaired) electrons. The third-order valence-electron chi connectivity index (χ3n) is 3.78. The Hall–Kier alpha value is -1.19. The highest BCUT2D eigenvalue weighted by molar-refractivity contribution is 7.09. The number of hydrogen-bond donors (Lipinski definition) is 1.